The maximum absolute atomic E-state index is 13.2. The minimum atomic E-state index is -3.87. The van der Waals surface area contributed by atoms with Crippen LogP contribution < -0.4 is 14.4 Å². The highest BCUT2D eigenvalue weighted by atomic mass is 35.5. The van der Waals surface area contributed by atoms with Crippen molar-refractivity contribution in [2.24, 2.45) is 11.3 Å². The molecule has 1 spiro atoms. The fraction of sp³-hybridized carbons (Fsp3) is 0.531. The van der Waals surface area contributed by atoms with E-state index in [0.29, 0.717) is 38.3 Å². The summed E-state index contributed by atoms with van der Waals surface area (Å²) in [6.45, 7) is 5.64. The summed E-state index contributed by atoms with van der Waals surface area (Å²) in [4.78, 5) is 15.6. The Balaban J connectivity index is 1.44. The van der Waals surface area contributed by atoms with E-state index < -0.39 is 27.3 Å². The van der Waals surface area contributed by atoms with E-state index in [1.165, 1.54) is 11.1 Å². The Labute approximate surface area is 248 Å². The van der Waals surface area contributed by atoms with Crippen LogP contribution in [0.1, 0.15) is 73.9 Å². The third-order valence-electron chi connectivity index (χ3n) is 10.2. The smallest absolute Gasteiger partial charge is 0.264 e. The topological polar surface area (TPSA) is 95.9 Å². The lowest BCUT2D eigenvalue weighted by Gasteiger charge is -2.52. The molecule has 2 N–H and O–H groups in total. The van der Waals surface area contributed by atoms with Gasteiger partial charge in [0.2, 0.25) is 10.0 Å². The molecule has 220 valence electrons. The lowest BCUT2D eigenvalue weighted by Crippen LogP contribution is -2.53. The van der Waals surface area contributed by atoms with Crippen molar-refractivity contribution >= 4 is 33.2 Å². The molecule has 0 radical (unpaired) electrons. The van der Waals surface area contributed by atoms with Crippen LogP contribution >= 0.6 is 11.6 Å². The molecule has 0 saturated heterocycles. The van der Waals surface area contributed by atoms with Gasteiger partial charge < -0.3 is 14.7 Å². The van der Waals surface area contributed by atoms with Gasteiger partial charge in [0.1, 0.15) is 5.75 Å². The summed E-state index contributed by atoms with van der Waals surface area (Å²) in [5.41, 5.74) is 3.01. The van der Waals surface area contributed by atoms with E-state index in [1.54, 1.807) is 25.1 Å². The van der Waals surface area contributed by atoms with E-state index in [0.717, 1.165) is 42.8 Å². The number of hydrogen-bond acceptors (Lipinski definition) is 6. The highest BCUT2D eigenvalue weighted by Gasteiger charge is 2.49. The number of nitrogens with zero attached hydrogens (tertiary/aromatic N) is 1. The van der Waals surface area contributed by atoms with Crippen molar-refractivity contribution in [1.29, 1.82) is 0 Å². The summed E-state index contributed by atoms with van der Waals surface area (Å²) >= 11 is 6.38. The van der Waals surface area contributed by atoms with Crippen molar-refractivity contribution in [3.63, 3.8) is 0 Å². The lowest BCUT2D eigenvalue weighted by atomic mass is 9.58. The van der Waals surface area contributed by atoms with Crippen LogP contribution in [0.3, 0.4) is 0 Å². The molecule has 1 amide bonds. The molecule has 1 fully saturated rings. The predicted molar refractivity (Wildman–Crippen MR) is 161 cm³/mol. The van der Waals surface area contributed by atoms with Crippen LogP contribution in [0, 0.1) is 11.3 Å². The zero-order valence-corrected chi connectivity index (χ0v) is 25.3. The molecule has 2 bridgehead atoms. The average Bonchev–Trinajstić information content (AvgIpc) is 3.08. The van der Waals surface area contributed by atoms with Crippen molar-refractivity contribution in [1.82, 2.24) is 4.72 Å². The van der Waals surface area contributed by atoms with E-state index in [2.05, 4.69) is 28.7 Å². The van der Waals surface area contributed by atoms with Crippen LogP contribution in [0.2, 0.25) is 5.02 Å². The first-order chi connectivity index (χ1) is 19.5. The van der Waals surface area contributed by atoms with Gasteiger partial charge in [0.25, 0.3) is 5.91 Å². The Kier molecular flexibility index (Phi) is 7.40. The van der Waals surface area contributed by atoms with Crippen LogP contribution in [0.15, 0.2) is 48.6 Å². The number of benzene rings is 2. The van der Waals surface area contributed by atoms with Crippen molar-refractivity contribution < 1.29 is 23.1 Å². The Morgan fingerprint density at radius 2 is 1.98 bits per heavy atom. The van der Waals surface area contributed by atoms with E-state index in [9.17, 15) is 18.3 Å². The molecule has 6 rings (SSSR count). The Bertz CT molecular complexity index is 1490. The van der Waals surface area contributed by atoms with Crippen molar-refractivity contribution in [2.75, 3.05) is 24.6 Å². The molecule has 2 aromatic carbocycles. The van der Waals surface area contributed by atoms with Crippen molar-refractivity contribution in [3.05, 3.63) is 70.3 Å². The first-order valence-corrected chi connectivity index (χ1v) is 16.6. The molecule has 9 heteroatoms. The molecule has 1 saturated carbocycles. The molecule has 2 aromatic rings. The predicted octanol–water partition coefficient (Wildman–Crippen LogP) is 5.39. The average molecular weight is 599 g/mol. The number of hydrogen-bond donors (Lipinski definition) is 2. The zero-order chi connectivity index (χ0) is 29.0. The van der Waals surface area contributed by atoms with E-state index in [1.807, 2.05) is 18.2 Å². The van der Waals surface area contributed by atoms with Gasteiger partial charge in [-0.2, -0.15) is 0 Å². The molecule has 7 nitrogen and oxygen atoms in total. The number of rotatable bonds is 0. The van der Waals surface area contributed by atoms with Gasteiger partial charge >= 0.3 is 0 Å². The van der Waals surface area contributed by atoms with Gasteiger partial charge in [0, 0.05) is 34.5 Å². The van der Waals surface area contributed by atoms with E-state index in [4.69, 9.17) is 16.3 Å². The highest BCUT2D eigenvalue weighted by Crippen LogP contribution is 2.52. The minimum absolute atomic E-state index is 0.239. The number of sulfonamides is 1. The van der Waals surface area contributed by atoms with Gasteiger partial charge in [-0.1, -0.05) is 36.7 Å². The largest absolute Gasteiger partial charge is 0.490 e. The maximum Gasteiger partial charge on any atom is 0.264 e. The van der Waals surface area contributed by atoms with Gasteiger partial charge in [-0.15, -0.1) is 0 Å². The SMILES string of the molecule is C[C@@H]1CC/C=C\[C@H](O)[C@@]2(C)CC[C@@H]2CN2C[C@@]3(CCCc4cc(Cl)ccc43)COc3ccc(cc32)C(=O)NS1(=O)=O. The fourth-order valence-corrected chi connectivity index (χ4v) is 8.45. The van der Waals surface area contributed by atoms with Gasteiger partial charge in [-0.05, 0) is 99.2 Å². The third-order valence-corrected chi connectivity index (χ3v) is 12.2. The molecule has 2 heterocycles. The summed E-state index contributed by atoms with van der Waals surface area (Å²) in [6.07, 6.45) is 8.82. The monoisotopic (exact) mass is 598 g/mol. The van der Waals surface area contributed by atoms with Crippen LogP contribution in [0.4, 0.5) is 5.69 Å². The number of nitrogens with one attached hydrogen (secondary N) is 1. The molecule has 2 aliphatic carbocycles. The second kappa shape index (κ2) is 10.6. The van der Waals surface area contributed by atoms with Crippen LogP contribution in [-0.2, 0) is 21.9 Å². The van der Waals surface area contributed by atoms with Gasteiger partial charge in [0.15, 0.2) is 0 Å². The second-order valence-corrected chi connectivity index (χ2v) is 15.3. The number of anilines is 1. The Hall–Kier alpha value is -2.55. The normalized spacial score (nSPS) is 33.8. The molecule has 0 unspecified atom stereocenters. The number of halogens is 1. The lowest BCUT2D eigenvalue weighted by molar-refractivity contribution is -0.0469. The summed E-state index contributed by atoms with van der Waals surface area (Å²) in [5, 5.41) is 11.3. The molecule has 41 heavy (non-hydrogen) atoms. The van der Waals surface area contributed by atoms with Crippen LogP contribution in [-0.4, -0.2) is 50.5 Å². The van der Waals surface area contributed by atoms with E-state index >= 15 is 0 Å². The Morgan fingerprint density at radius 3 is 2.76 bits per heavy atom. The number of aryl methyl sites for hydroxylation is 1. The number of fused-ring (bicyclic) bond motifs is 4. The van der Waals surface area contributed by atoms with Crippen LogP contribution in [0.5, 0.6) is 5.75 Å². The van der Waals surface area contributed by atoms with Crippen molar-refractivity contribution in [2.45, 2.75) is 75.6 Å². The summed E-state index contributed by atoms with van der Waals surface area (Å²) < 4.78 is 34.7. The number of allylic oxidation sites excluding steroid dienone is 1. The quantitative estimate of drug-likeness (QED) is 0.395. The first-order valence-electron chi connectivity index (χ1n) is 14.7. The maximum atomic E-state index is 13.2. The molecule has 2 aliphatic heterocycles. The molecular formula is C32H39ClN2O5S. The number of amides is 1. The second-order valence-electron chi connectivity index (χ2n) is 12.8. The number of aliphatic hydroxyl groups is 1. The number of aliphatic hydroxyl groups excluding tert-OH is 1. The number of carbonyl (C=O) groups excluding carboxylic acids is 1. The van der Waals surface area contributed by atoms with Gasteiger partial charge in [-0.3, -0.25) is 4.79 Å². The third kappa shape index (κ3) is 5.17. The molecule has 0 aromatic heterocycles. The molecule has 5 atom stereocenters. The van der Waals surface area contributed by atoms with E-state index in [-0.39, 0.29) is 22.3 Å². The van der Waals surface area contributed by atoms with Crippen LogP contribution in [0.25, 0.3) is 0 Å². The Morgan fingerprint density at radius 1 is 1.15 bits per heavy atom. The summed E-state index contributed by atoms with van der Waals surface area (Å²) in [5.74, 6) is 0.282. The summed E-state index contributed by atoms with van der Waals surface area (Å²) in [7, 11) is -3.87. The zero-order valence-electron chi connectivity index (χ0n) is 23.7. The summed E-state index contributed by atoms with van der Waals surface area (Å²) in [6, 6.07) is 11.4. The van der Waals surface area contributed by atoms with Gasteiger partial charge in [0.05, 0.1) is 23.6 Å². The molecule has 4 aliphatic rings. The van der Waals surface area contributed by atoms with Gasteiger partial charge in [-0.25, -0.2) is 13.1 Å². The fourth-order valence-electron chi connectivity index (χ4n) is 7.23. The van der Waals surface area contributed by atoms with Crippen molar-refractivity contribution in [3.8, 4) is 5.75 Å². The first kappa shape index (κ1) is 28.6. The number of carbonyl (C=O) groups is 1. The number of ether oxygens (including phenoxy) is 1. The minimum Gasteiger partial charge on any atom is -0.490 e. The molecular weight excluding hydrogens is 560 g/mol. The standard InChI is InChI=1S/C32H39ClN2O5S/c1-21-6-3-4-8-29(36)31(2)15-13-24(31)18-35-19-32(14-5-7-22-16-25(33)10-11-26(22)32)20-40-28-12-9-23(17-27(28)35)30(37)34-41(21,38)39/h4,8-12,16-17,21,24,29,36H,3,5-7,13-15,18-20H2,1-2H3,(H,34,37)/b8-4-/t21-,24-,29+,31+,32+/m1/s1. The highest BCUT2D eigenvalue weighted by molar-refractivity contribution is 7.90.